The van der Waals surface area contributed by atoms with E-state index in [2.05, 4.69) is 44.8 Å². The lowest BCUT2D eigenvalue weighted by atomic mass is 9.80. The molecule has 0 amide bonds. The summed E-state index contributed by atoms with van der Waals surface area (Å²) in [4.78, 5) is 8.20. The molecule has 0 radical (unpaired) electrons. The fraction of sp³-hybridized carbons (Fsp3) is 0.600. The first-order chi connectivity index (χ1) is 6.77. The summed E-state index contributed by atoms with van der Waals surface area (Å²) in [6.45, 7) is 2.24. The second kappa shape index (κ2) is 4.42. The second-order valence-electron chi connectivity index (χ2n) is 3.84. The van der Waals surface area contributed by atoms with Crippen molar-refractivity contribution in [2.24, 2.45) is 5.92 Å². The van der Waals surface area contributed by atoms with Gasteiger partial charge in [-0.1, -0.05) is 6.42 Å². The number of rotatable bonds is 3. The summed E-state index contributed by atoms with van der Waals surface area (Å²) in [5, 5.41) is 3.45. The average molecular weight is 303 g/mol. The molecule has 0 spiro atoms. The van der Waals surface area contributed by atoms with Crippen molar-refractivity contribution in [1.29, 1.82) is 0 Å². The van der Waals surface area contributed by atoms with Crippen LogP contribution in [0.5, 0.6) is 0 Å². The van der Waals surface area contributed by atoms with Crippen LogP contribution in [0.25, 0.3) is 0 Å². The maximum Gasteiger partial charge on any atom is 0.143 e. The Morgan fingerprint density at radius 3 is 2.93 bits per heavy atom. The van der Waals surface area contributed by atoms with Crippen LogP contribution in [0.15, 0.2) is 12.5 Å². The summed E-state index contributed by atoms with van der Waals surface area (Å²) in [5.41, 5.74) is 0. The van der Waals surface area contributed by atoms with Gasteiger partial charge in [0.15, 0.2) is 0 Å². The lowest BCUT2D eigenvalue weighted by Gasteiger charge is -2.32. The van der Waals surface area contributed by atoms with Crippen molar-refractivity contribution in [3.63, 3.8) is 0 Å². The second-order valence-corrected chi connectivity index (χ2v) is 5.01. The molecule has 1 atom stereocenters. The van der Waals surface area contributed by atoms with E-state index in [9.17, 15) is 0 Å². The zero-order chi connectivity index (χ0) is 9.97. The number of nitrogens with zero attached hydrogens (tertiary/aromatic N) is 2. The van der Waals surface area contributed by atoms with Gasteiger partial charge in [-0.2, -0.15) is 0 Å². The Balaban J connectivity index is 1.99. The van der Waals surface area contributed by atoms with Crippen molar-refractivity contribution in [1.82, 2.24) is 9.97 Å². The lowest BCUT2D eigenvalue weighted by molar-refractivity contribution is 0.285. The van der Waals surface area contributed by atoms with E-state index >= 15 is 0 Å². The summed E-state index contributed by atoms with van der Waals surface area (Å²) in [6, 6.07) is 0.534. The third kappa shape index (κ3) is 2.16. The Bertz CT molecular complexity index is 312. The van der Waals surface area contributed by atoms with Crippen molar-refractivity contribution in [3.8, 4) is 0 Å². The molecule has 76 valence electrons. The summed E-state index contributed by atoms with van der Waals surface area (Å²) < 4.78 is 1.09. The minimum atomic E-state index is 0.534. The van der Waals surface area contributed by atoms with Gasteiger partial charge in [0.25, 0.3) is 0 Å². The van der Waals surface area contributed by atoms with Gasteiger partial charge >= 0.3 is 0 Å². The van der Waals surface area contributed by atoms with Crippen LogP contribution in [-0.2, 0) is 0 Å². The predicted octanol–water partition coefficient (Wildman–Crippen LogP) is 2.68. The van der Waals surface area contributed by atoms with Crippen LogP contribution in [0.1, 0.15) is 26.2 Å². The normalized spacial score (nSPS) is 18.7. The first-order valence-corrected chi connectivity index (χ1v) is 6.07. The van der Waals surface area contributed by atoms with E-state index in [-0.39, 0.29) is 0 Å². The number of nitrogens with one attached hydrogen (secondary N) is 1. The van der Waals surface area contributed by atoms with Crippen LogP contribution < -0.4 is 5.32 Å². The summed E-state index contributed by atoms with van der Waals surface area (Å²) in [5.74, 6) is 1.81. The van der Waals surface area contributed by atoms with E-state index in [0.29, 0.717) is 6.04 Å². The largest absolute Gasteiger partial charge is 0.366 e. The Morgan fingerprint density at radius 2 is 2.36 bits per heavy atom. The van der Waals surface area contributed by atoms with Gasteiger partial charge in [0, 0.05) is 12.2 Å². The van der Waals surface area contributed by atoms with Crippen LogP contribution >= 0.6 is 22.6 Å². The number of hydrogen-bond acceptors (Lipinski definition) is 3. The first-order valence-electron chi connectivity index (χ1n) is 4.99. The number of hydrogen-bond donors (Lipinski definition) is 1. The smallest absolute Gasteiger partial charge is 0.143 e. The Kier molecular flexibility index (Phi) is 3.20. The SMILES string of the molecule is CC(Nc1ncncc1I)C1CCC1. The predicted molar refractivity (Wildman–Crippen MR) is 65.2 cm³/mol. The molecule has 4 heteroatoms. The number of anilines is 1. The van der Waals surface area contributed by atoms with Gasteiger partial charge in [0.1, 0.15) is 12.1 Å². The maximum atomic E-state index is 4.23. The van der Waals surface area contributed by atoms with Crippen molar-refractivity contribution < 1.29 is 0 Å². The standard InChI is InChI=1S/C10H14IN3/c1-7(8-3-2-4-8)14-10-9(11)5-12-6-13-10/h5-8H,2-4H2,1H3,(H,12,13,14). The molecule has 0 bridgehead atoms. The fourth-order valence-electron chi connectivity index (χ4n) is 1.69. The van der Waals surface area contributed by atoms with E-state index in [1.807, 2.05) is 6.20 Å². The van der Waals surface area contributed by atoms with Gasteiger partial charge in [0.2, 0.25) is 0 Å². The minimum Gasteiger partial charge on any atom is -0.366 e. The van der Waals surface area contributed by atoms with Crippen LogP contribution in [0.2, 0.25) is 0 Å². The molecule has 0 aliphatic heterocycles. The van der Waals surface area contributed by atoms with Gasteiger partial charge in [0.05, 0.1) is 3.57 Å². The lowest BCUT2D eigenvalue weighted by Crippen LogP contribution is -2.31. The highest BCUT2D eigenvalue weighted by atomic mass is 127. The number of halogens is 1. The van der Waals surface area contributed by atoms with Crippen LogP contribution in [0, 0.1) is 9.49 Å². The van der Waals surface area contributed by atoms with Crippen LogP contribution in [0.3, 0.4) is 0 Å². The zero-order valence-electron chi connectivity index (χ0n) is 8.20. The highest BCUT2D eigenvalue weighted by Crippen LogP contribution is 2.31. The molecule has 1 unspecified atom stereocenters. The van der Waals surface area contributed by atoms with E-state index in [4.69, 9.17) is 0 Å². The van der Waals surface area contributed by atoms with E-state index in [1.54, 1.807) is 6.33 Å². The molecule has 1 aromatic rings. The highest BCUT2D eigenvalue weighted by Gasteiger charge is 2.24. The van der Waals surface area contributed by atoms with Gasteiger partial charge < -0.3 is 5.32 Å². The molecule has 1 saturated carbocycles. The third-order valence-corrected chi connectivity index (χ3v) is 3.68. The van der Waals surface area contributed by atoms with Crippen molar-refractivity contribution in [2.75, 3.05) is 5.32 Å². The fourth-order valence-corrected chi connectivity index (χ4v) is 2.15. The summed E-state index contributed by atoms with van der Waals surface area (Å²) >= 11 is 2.26. The molecule has 3 nitrogen and oxygen atoms in total. The van der Waals surface area contributed by atoms with Gasteiger partial charge in [-0.25, -0.2) is 9.97 Å². The molecular weight excluding hydrogens is 289 g/mol. The molecule has 1 N–H and O–H groups in total. The quantitative estimate of drug-likeness (QED) is 0.873. The molecule has 1 aliphatic rings. The van der Waals surface area contributed by atoms with Crippen molar-refractivity contribution in [2.45, 2.75) is 32.2 Å². The maximum absolute atomic E-state index is 4.23. The van der Waals surface area contributed by atoms with Crippen molar-refractivity contribution in [3.05, 3.63) is 16.1 Å². The van der Waals surface area contributed by atoms with Gasteiger partial charge in [-0.05, 0) is 48.3 Å². The zero-order valence-corrected chi connectivity index (χ0v) is 10.4. The molecule has 1 fully saturated rings. The molecular formula is C10H14IN3. The number of aromatic nitrogens is 2. The Hall–Kier alpha value is -0.390. The molecule has 1 heterocycles. The van der Waals surface area contributed by atoms with E-state index in [0.717, 1.165) is 15.3 Å². The van der Waals surface area contributed by atoms with E-state index in [1.165, 1.54) is 19.3 Å². The molecule has 14 heavy (non-hydrogen) atoms. The molecule has 1 aromatic heterocycles. The third-order valence-electron chi connectivity index (χ3n) is 2.89. The summed E-state index contributed by atoms with van der Waals surface area (Å²) in [7, 11) is 0. The average Bonchev–Trinajstić information content (AvgIpc) is 2.05. The van der Waals surface area contributed by atoms with E-state index < -0.39 is 0 Å². The Labute approximate surface area is 97.9 Å². The summed E-state index contributed by atoms with van der Waals surface area (Å²) in [6.07, 6.45) is 7.53. The molecule has 0 aromatic carbocycles. The molecule has 2 rings (SSSR count). The van der Waals surface area contributed by atoms with Crippen molar-refractivity contribution >= 4 is 28.4 Å². The van der Waals surface area contributed by atoms with Gasteiger partial charge in [-0.3, -0.25) is 0 Å². The monoisotopic (exact) mass is 303 g/mol. The highest BCUT2D eigenvalue weighted by molar-refractivity contribution is 14.1. The molecule has 1 aliphatic carbocycles. The topological polar surface area (TPSA) is 37.8 Å². The Morgan fingerprint density at radius 1 is 1.57 bits per heavy atom. The molecule has 0 saturated heterocycles. The van der Waals surface area contributed by atoms with Crippen LogP contribution in [-0.4, -0.2) is 16.0 Å². The minimum absolute atomic E-state index is 0.534. The van der Waals surface area contributed by atoms with Crippen LogP contribution in [0.4, 0.5) is 5.82 Å². The van der Waals surface area contributed by atoms with Gasteiger partial charge in [-0.15, -0.1) is 0 Å². The first kappa shape index (κ1) is 10.1.